The van der Waals surface area contributed by atoms with Gasteiger partial charge in [-0.15, -0.1) is 0 Å². The Kier molecular flexibility index (Phi) is 10.8. The highest BCUT2D eigenvalue weighted by molar-refractivity contribution is 7.80. The Hall–Kier alpha value is -6.44. The monoisotopic (exact) mass is 762 g/mol. The number of carbonyl (C=O) groups excluding carboxylic acids is 2. The zero-order chi connectivity index (χ0) is 38.4. The van der Waals surface area contributed by atoms with E-state index in [4.69, 9.17) is 9.47 Å². The van der Waals surface area contributed by atoms with Crippen molar-refractivity contribution < 1.29 is 19.1 Å². The number of hydrogen-bond donors (Lipinski definition) is 0. The van der Waals surface area contributed by atoms with E-state index in [9.17, 15) is 9.59 Å². The number of esters is 2. The van der Waals surface area contributed by atoms with Gasteiger partial charge in [0.2, 0.25) is 0 Å². The summed E-state index contributed by atoms with van der Waals surface area (Å²) in [5.74, 6) is -0.147. The predicted octanol–water partition coefficient (Wildman–Crippen LogP) is 9.36. The summed E-state index contributed by atoms with van der Waals surface area (Å²) in [5, 5.41) is 11.2. The van der Waals surface area contributed by atoms with Crippen molar-refractivity contribution in [2.45, 2.75) is 0 Å². The standard InChI is InChI=1S/C50H36O4P2/c1-3-47(51)53-37-27-29-43-35(33-37)25-31-45(55(39-17-9-5-10-18-39)40-19-11-6-12-20-40)49(43)50-44-30-28-38(54-48(52)4-2)34-36(44)26-32-46(50)56(41-21-13-7-14-22-41)42-23-15-8-16-24-42/h3-34H,1-2H2. The van der Waals surface area contributed by atoms with Crippen LogP contribution in [0.15, 0.2) is 207 Å². The fraction of sp³-hybridized carbons (Fsp3) is 0. The van der Waals surface area contributed by atoms with Crippen molar-refractivity contribution in [3.8, 4) is 22.6 Å². The highest BCUT2D eigenvalue weighted by Gasteiger charge is 2.28. The third kappa shape index (κ3) is 7.46. The van der Waals surface area contributed by atoms with E-state index in [1.165, 1.54) is 44.0 Å². The molecule has 0 aliphatic carbocycles. The van der Waals surface area contributed by atoms with Crippen LogP contribution in [-0.4, -0.2) is 11.9 Å². The van der Waals surface area contributed by atoms with Gasteiger partial charge in [-0.25, -0.2) is 9.59 Å². The van der Waals surface area contributed by atoms with Crippen LogP contribution in [-0.2, 0) is 9.59 Å². The van der Waals surface area contributed by atoms with Crippen molar-refractivity contribution >= 4 is 81.2 Å². The summed E-state index contributed by atoms with van der Waals surface area (Å²) >= 11 is 0. The molecule has 0 amide bonds. The Bertz CT molecular complexity index is 2450. The maximum atomic E-state index is 12.3. The van der Waals surface area contributed by atoms with Gasteiger partial charge in [-0.3, -0.25) is 0 Å². The number of fused-ring (bicyclic) bond motifs is 2. The summed E-state index contributed by atoms with van der Waals surface area (Å²) in [6.07, 6.45) is 2.34. The lowest BCUT2D eigenvalue weighted by molar-refractivity contribution is -0.129. The third-order valence-electron chi connectivity index (χ3n) is 9.50. The first-order valence-corrected chi connectivity index (χ1v) is 20.8. The first kappa shape index (κ1) is 36.5. The van der Waals surface area contributed by atoms with Gasteiger partial charge < -0.3 is 9.47 Å². The fourth-order valence-corrected chi connectivity index (χ4v) is 12.0. The van der Waals surface area contributed by atoms with Crippen LogP contribution >= 0.6 is 15.8 Å². The molecule has 0 aliphatic rings. The fourth-order valence-electron chi connectivity index (χ4n) is 7.10. The zero-order valence-corrected chi connectivity index (χ0v) is 32.2. The van der Waals surface area contributed by atoms with Crippen molar-refractivity contribution in [3.63, 3.8) is 0 Å². The van der Waals surface area contributed by atoms with E-state index in [-0.39, 0.29) is 0 Å². The Morgan fingerprint density at radius 1 is 0.411 bits per heavy atom. The molecule has 4 nitrogen and oxygen atoms in total. The maximum absolute atomic E-state index is 12.3. The maximum Gasteiger partial charge on any atom is 0.335 e. The lowest BCUT2D eigenvalue weighted by Gasteiger charge is -2.28. The van der Waals surface area contributed by atoms with Gasteiger partial charge in [0, 0.05) is 12.2 Å². The molecule has 0 aliphatic heterocycles. The van der Waals surface area contributed by atoms with E-state index in [2.05, 4.69) is 171 Å². The first-order valence-electron chi connectivity index (χ1n) is 18.2. The molecule has 0 radical (unpaired) electrons. The van der Waals surface area contributed by atoms with Crippen LogP contribution in [0.3, 0.4) is 0 Å². The minimum Gasteiger partial charge on any atom is -0.423 e. The van der Waals surface area contributed by atoms with Crippen LogP contribution in [0.25, 0.3) is 32.7 Å². The molecule has 0 aromatic heterocycles. The highest BCUT2D eigenvalue weighted by Crippen LogP contribution is 2.46. The first-order chi connectivity index (χ1) is 27.5. The van der Waals surface area contributed by atoms with E-state index >= 15 is 0 Å². The molecule has 0 N–H and O–H groups in total. The second kappa shape index (κ2) is 16.5. The minimum absolute atomic E-state index is 0.442. The van der Waals surface area contributed by atoms with E-state index in [0.717, 1.165) is 32.7 Å². The van der Waals surface area contributed by atoms with Gasteiger partial charge >= 0.3 is 11.9 Å². The van der Waals surface area contributed by atoms with Gasteiger partial charge in [-0.2, -0.15) is 0 Å². The van der Waals surface area contributed by atoms with Crippen LogP contribution < -0.4 is 41.3 Å². The summed E-state index contributed by atoms with van der Waals surface area (Å²) in [4.78, 5) is 24.7. The number of hydrogen-bond acceptors (Lipinski definition) is 4. The molecule has 0 fully saturated rings. The molecule has 8 aromatic rings. The molecule has 0 unspecified atom stereocenters. The lowest BCUT2D eigenvalue weighted by atomic mass is 9.93. The summed E-state index contributed by atoms with van der Waals surface area (Å²) in [6.45, 7) is 7.18. The van der Waals surface area contributed by atoms with Crippen molar-refractivity contribution in [3.05, 3.63) is 207 Å². The summed E-state index contributed by atoms with van der Waals surface area (Å²) in [7, 11) is -2.15. The van der Waals surface area contributed by atoms with Crippen LogP contribution in [0.4, 0.5) is 0 Å². The van der Waals surface area contributed by atoms with E-state index in [0.29, 0.717) is 11.5 Å². The Morgan fingerprint density at radius 2 is 0.732 bits per heavy atom. The van der Waals surface area contributed by atoms with E-state index in [1.807, 2.05) is 24.3 Å². The average molecular weight is 763 g/mol. The molecule has 56 heavy (non-hydrogen) atoms. The van der Waals surface area contributed by atoms with E-state index < -0.39 is 27.8 Å². The van der Waals surface area contributed by atoms with Crippen molar-refractivity contribution in [2.24, 2.45) is 0 Å². The van der Waals surface area contributed by atoms with E-state index in [1.54, 1.807) is 0 Å². The van der Waals surface area contributed by atoms with Crippen LogP contribution in [0, 0.1) is 0 Å². The Morgan fingerprint density at radius 3 is 1.04 bits per heavy atom. The lowest BCUT2D eigenvalue weighted by Crippen LogP contribution is -2.26. The normalized spacial score (nSPS) is 11.1. The zero-order valence-electron chi connectivity index (χ0n) is 30.4. The minimum atomic E-state index is -1.08. The van der Waals surface area contributed by atoms with Crippen LogP contribution in [0.5, 0.6) is 11.5 Å². The number of carbonyl (C=O) groups is 2. The van der Waals surface area contributed by atoms with Gasteiger partial charge in [0.25, 0.3) is 0 Å². The highest BCUT2D eigenvalue weighted by atomic mass is 31.1. The molecule has 0 heterocycles. The average Bonchev–Trinajstić information content (AvgIpc) is 3.25. The molecule has 0 saturated carbocycles. The Labute approximate surface area is 328 Å². The summed E-state index contributed by atoms with van der Waals surface area (Å²) in [6, 6.07) is 63.3. The number of ether oxygens (including phenoxy) is 2. The topological polar surface area (TPSA) is 52.6 Å². The van der Waals surface area contributed by atoms with Crippen molar-refractivity contribution in [2.75, 3.05) is 0 Å². The molecular weight excluding hydrogens is 726 g/mol. The van der Waals surface area contributed by atoms with Gasteiger partial charge in [0.05, 0.1) is 0 Å². The quantitative estimate of drug-likeness (QED) is 0.0571. The van der Waals surface area contributed by atoms with Gasteiger partial charge in [-0.1, -0.05) is 171 Å². The summed E-state index contributed by atoms with van der Waals surface area (Å²) < 4.78 is 11.3. The molecule has 8 rings (SSSR count). The molecule has 8 aromatic carbocycles. The van der Waals surface area contributed by atoms with Gasteiger partial charge in [-0.05, 0) is 105 Å². The largest absolute Gasteiger partial charge is 0.423 e. The second-order valence-corrected chi connectivity index (χ2v) is 17.3. The van der Waals surface area contributed by atoms with Crippen molar-refractivity contribution in [1.29, 1.82) is 0 Å². The molecule has 0 atom stereocenters. The molecule has 0 saturated heterocycles. The molecule has 270 valence electrons. The summed E-state index contributed by atoms with van der Waals surface area (Å²) in [5.41, 5.74) is 2.19. The molecular formula is C50H36O4P2. The van der Waals surface area contributed by atoms with Gasteiger partial charge in [0.15, 0.2) is 0 Å². The van der Waals surface area contributed by atoms with Crippen LogP contribution in [0.1, 0.15) is 0 Å². The second-order valence-electron chi connectivity index (χ2n) is 12.9. The van der Waals surface area contributed by atoms with Gasteiger partial charge in [0.1, 0.15) is 11.5 Å². The molecule has 6 heteroatoms. The third-order valence-corrected chi connectivity index (χ3v) is 14.5. The Balaban J connectivity index is 1.52. The smallest absolute Gasteiger partial charge is 0.335 e. The molecule has 0 spiro atoms. The van der Waals surface area contributed by atoms with Crippen LogP contribution in [0.2, 0.25) is 0 Å². The SMILES string of the molecule is C=CC(=O)Oc1ccc2c(-c3c(P(c4ccccc4)c4ccccc4)ccc4cc(OC(=O)C=C)ccc34)c(P(c3ccccc3)c3ccccc3)ccc2c1. The number of benzene rings is 8. The predicted molar refractivity (Wildman–Crippen MR) is 236 cm³/mol. The molecule has 0 bridgehead atoms. The number of rotatable bonds is 11. The van der Waals surface area contributed by atoms with Crippen molar-refractivity contribution in [1.82, 2.24) is 0 Å².